The fourth-order valence-electron chi connectivity index (χ4n) is 2.75. The standard InChI is InChI=1S/C17H24N2O2/c20-17(19-8-2-10-21-12-13-5-6-13)16-4-1-3-14-11-18-9-7-15(14)16/h1,3-4,13,18H,2,5-12H2,(H,19,20). The molecule has 2 aliphatic rings. The van der Waals surface area contributed by atoms with Crippen LogP contribution >= 0.6 is 0 Å². The summed E-state index contributed by atoms with van der Waals surface area (Å²) in [7, 11) is 0. The van der Waals surface area contributed by atoms with E-state index in [1.807, 2.05) is 12.1 Å². The van der Waals surface area contributed by atoms with Crippen LogP contribution in [0.4, 0.5) is 0 Å². The van der Waals surface area contributed by atoms with Crippen molar-refractivity contribution >= 4 is 5.91 Å². The first-order valence-corrected chi connectivity index (χ1v) is 8.02. The van der Waals surface area contributed by atoms with Crippen molar-refractivity contribution in [1.82, 2.24) is 10.6 Å². The van der Waals surface area contributed by atoms with Crippen LogP contribution in [0.3, 0.4) is 0 Å². The Morgan fingerprint density at radius 3 is 3.14 bits per heavy atom. The molecule has 1 amide bonds. The molecule has 1 aromatic rings. The summed E-state index contributed by atoms with van der Waals surface area (Å²) in [6, 6.07) is 6.01. The zero-order chi connectivity index (χ0) is 14.5. The van der Waals surface area contributed by atoms with Crippen molar-refractivity contribution in [1.29, 1.82) is 0 Å². The van der Waals surface area contributed by atoms with Crippen LogP contribution in [0.5, 0.6) is 0 Å². The molecule has 1 fully saturated rings. The predicted octanol–water partition coefficient (Wildman–Crippen LogP) is 1.88. The van der Waals surface area contributed by atoms with Crippen LogP contribution in [0, 0.1) is 5.92 Å². The molecule has 0 radical (unpaired) electrons. The summed E-state index contributed by atoms with van der Waals surface area (Å²) in [5, 5.41) is 6.35. The first-order valence-electron chi connectivity index (χ1n) is 8.02. The number of fused-ring (bicyclic) bond motifs is 1. The van der Waals surface area contributed by atoms with Crippen LogP contribution in [0.15, 0.2) is 18.2 Å². The second kappa shape index (κ2) is 7.05. The van der Waals surface area contributed by atoms with Gasteiger partial charge in [0.1, 0.15) is 0 Å². The zero-order valence-electron chi connectivity index (χ0n) is 12.5. The quantitative estimate of drug-likeness (QED) is 0.753. The van der Waals surface area contributed by atoms with Gasteiger partial charge in [0.05, 0.1) is 0 Å². The van der Waals surface area contributed by atoms with Gasteiger partial charge in [-0.2, -0.15) is 0 Å². The van der Waals surface area contributed by atoms with E-state index in [9.17, 15) is 4.79 Å². The van der Waals surface area contributed by atoms with Crippen LogP contribution in [0.2, 0.25) is 0 Å². The second-order valence-corrected chi connectivity index (χ2v) is 6.00. The molecule has 4 nitrogen and oxygen atoms in total. The van der Waals surface area contributed by atoms with E-state index in [1.165, 1.54) is 24.0 Å². The highest BCUT2D eigenvalue weighted by Gasteiger charge is 2.21. The molecule has 3 rings (SSSR count). The Kier molecular flexibility index (Phi) is 4.88. The van der Waals surface area contributed by atoms with Crippen molar-refractivity contribution in [3.8, 4) is 0 Å². The Balaban J connectivity index is 1.44. The van der Waals surface area contributed by atoms with E-state index in [2.05, 4.69) is 16.7 Å². The van der Waals surface area contributed by atoms with E-state index in [0.717, 1.165) is 50.6 Å². The summed E-state index contributed by atoms with van der Waals surface area (Å²) in [6.07, 6.45) is 4.47. The minimum absolute atomic E-state index is 0.0518. The van der Waals surface area contributed by atoms with Gasteiger partial charge in [0, 0.05) is 31.9 Å². The van der Waals surface area contributed by atoms with Gasteiger partial charge in [-0.05, 0) is 55.3 Å². The topological polar surface area (TPSA) is 50.4 Å². The molecule has 1 saturated carbocycles. The number of hydrogen-bond donors (Lipinski definition) is 2. The number of ether oxygens (including phenoxy) is 1. The molecule has 1 aromatic carbocycles. The molecule has 1 heterocycles. The Morgan fingerprint density at radius 1 is 1.38 bits per heavy atom. The molecule has 114 valence electrons. The third-order valence-electron chi connectivity index (χ3n) is 4.19. The van der Waals surface area contributed by atoms with Gasteiger partial charge in [-0.3, -0.25) is 4.79 Å². The molecule has 0 saturated heterocycles. The Labute approximate surface area is 126 Å². The third kappa shape index (κ3) is 4.05. The summed E-state index contributed by atoms with van der Waals surface area (Å²) >= 11 is 0. The fourth-order valence-corrected chi connectivity index (χ4v) is 2.75. The molecular formula is C17H24N2O2. The van der Waals surface area contributed by atoms with Gasteiger partial charge in [0.25, 0.3) is 5.91 Å². The van der Waals surface area contributed by atoms with E-state index in [4.69, 9.17) is 4.74 Å². The van der Waals surface area contributed by atoms with Gasteiger partial charge in [-0.1, -0.05) is 12.1 Å². The average molecular weight is 288 g/mol. The Morgan fingerprint density at radius 2 is 2.29 bits per heavy atom. The van der Waals surface area contributed by atoms with Crippen LogP contribution in [0.25, 0.3) is 0 Å². The molecule has 0 spiro atoms. The molecule has 21 heavy (non-hydrogen) atoms. The lowest BCUT2D eigenvalue weighted by Crippen LogP contribution is -2.30. The first-order chi connectivity index (χ1) is 10.3. The van der Waals surface area contributed by atoms with Crippen molar-refractivity contribution in [2.24, 2.45) is 5.92 Å². The lowest BCUT2D eigenvalue weighted by Gasteiger charge is -2.19. The van der Waals surface area contributed by atoms with Crippen molar-refractivity contribution in [3.63, 3.8) is 0 Å². The maximum absolute atomic E-state index is 12.3. The second-order valence-electron chi connectivity index (χ2n) is 6.00. The van der Waals surface area contributed by atoms with Crippen LogP contribution in [-0.4, -0.2) is 32.2 Å². The normalized spacial score (nSPS) is 17.3. The van der Waals surface area contributed by atoms with Gasteiger partial charge < -0.3 is 15.4 Å². The smallest absolute Gasteiger partial charge is 0.251 e. The fraction of sp³-hybridized carbons (Fsp3) is 0.588. The molecular weight excluding hydrogens is 264 g/mol. The highest BCUT2D eigenvalue weighted by atomic mass is 16.5. The number of nitrogens with one attached hydrogen (secondary N) is 2. The number of carbonyl (C=O) groups is 1. The van der Waals surface area contributed by atoms with Gasteiger partial charge in [-0.25, -0.2) is 0 Å². The van der Waals surface area contributed by atoms with E-state index in [-0.39, 0.29) is 5.91 Å². The SMILES string of the molecule is O=C(NCCCOCC1CC1)c1cccc2c1CCNC2. The predicted molar refractivity (Wildman–Crippen MR) is 82.3 cm³/mol. The number of amides is 1. The average Bonchev–Trinajstić information content (AvgIpc) is 3.34. The molecule has 1 aliphatic carbocycles. The van der Waals surface area contributed by atoms with Crippen molar-refractivity contribution < 1.29 is 9.53 Å². The Hall–Kier alpha value is -1.39. The molecule has 2 N–H and O–H groups in total. The number of hydrogen-bond acceptors (Lipinski definition) is 3. The molecule has 0 bridgehead atoms. The van der Waals surface area contributed by atoms with E-state index < -0.39 is 0 Å². The first kappa shape index (κ1) is 14.5. The number of benzene rings is 1. The minimum atomic E-state index is 0.0518. The van der Waals surface area contributed by atoms with Gasteiger partial charge >= 0.3 is 0 Å². The summed E-state index contributed by atoms with van der Waals surface area (Å²) in [4.78, 5) is 12.3. The monoisotopic (exact) mass is 288 g/mol. The van der Waals surface area contributed by atoms with Gasteiger partial charge in [0.15, 0.2) is 0 Å². The summed E-state index contributed by atoms with van der Waals surface area (Å²) in [5.74, 6) is 0.861. The zero-order valence-corrected chi connectivity index (χ0v) is 12.5. The third-order valence-corrected chi connectivity index (χ3v) is 4.19. The largest absolute Gasteiger partial charge is 0.381 e. The van der Waals surface area contributed by atoms with Gasteiger partial charge in [0.2, 0.25) is 0 Å². The van der Waals surface area contributed by atoms with Crippen molar-refractivity contribution in [2.75, 3.05) is 26.3 Å². The van der Waals surface area contributed by atoms with Crippen LogP contribution in [-0.2, 0) is 17.7 Å². The summed E-state index contributed by atoms with van der Waals surface area (Å²) < 4.78 is 5.58. The molecule has 4 heteroatoms. The maximum atomic E-state index is 12.3. The van der Waals surface area contributed by atoms with Crippen molar-refractivity contribution in [2.45, 2.75) is 32.2 Å². The van der Waals surface area contributed by atoms with Gasteiger partial charge in [-0.15, -0.1) is 0 Å². The number of carbonyl (C=O) groups excluding carboxylic acids is 1. The minimum Gasteiger partial charge on any atom is -0.381 e. The summed E-state index contributed by atoms with van der Waals surface area (Å²) in [5.41, 5.74) is 3.30. The highest BCUT2D eigenvalue weighted by Crippen LogP contribution is 2.28. The molecule has 0 atom stereocenters. The lowest BCUT2D eigenvalue weighted by atomic mass is 9.95. The highest BCUT2D eigenvalue weighted by molar-refractivity contribution is 5.96. The Bertz CT molecular complexity index is 498. The van der Waals surface area contributed by atoms with E-state index in [1.54, 1.807) is 0 Å². The molecule has 0 aromatic heterocycles. The van der Waals surface area contributed by atoms with E-state index in [0.29, 0.717) is 6.54 Å². The van der Waals surface area contributed by atoms with Crippen LogP contribution in [0.1, 0.15) is 40.7 Å². The lowest BCUT2D eigenvalue weighted by molar-refractivity contribution is 0.0936. The maximum Gasteiger partial charge on any atom is 0.251 e. The van der Waals surface area contributed by atoms with Crippen molar-refractivity contribution in [3.05, 3.63) is 34.9 Å². The molecule has 1 aliphatic heterocycles. The van der Waals surface area contributed by atoms with Crippen LogP contribution < -0.4 is 10.6 Å². The summed E-state index contributed by atoms with van der Waals surface area (Å²) in [6.45, 7) is 4.14. The molecule has 0 unspecified atom stereocenters. The number of rotatable bonds is 7. The van der Waals surface area contributed by atoms with E-state index >= 15 is 0 Å².